The van der Waals surface area contributed by atoms with E-state index >= 15 is 0 Å². The van der Waals surface area contributed by atoms with Crippen molar-refractivity contribution >= 4 is 11.9 Å². The van der Waals surface area contributed by atoms with Crippen LogP contribution in [0.1, 0.15) is 33.1 Å². The van der Waals surface area contributed by atoms with Crippen molar-refractivity contribution in [3.63, 3.8) is 0 Å². The number of rotatable bonds is 8. The van der Waals surface area contributed by atoms with Crippen molar-refractivity contribution < 1.29 is 24.2 Å². The summed E-state index contributed by atoms with van der Waals surface area (Å²) in [4.78, 5) is 25.2. The molecule has 0 radical (unpaired) electrons. The number of methoxy groups -OCH3 is 1. The molecule has 0 bridgehead atoms. The van der Waals surface area contributed by atoms with Gasteiger partial charge in [-0.15, -0.1) is 0 Å². The quantitative estimate of drug-likeness (QED) is 0.678. The predicted octanol–water partition coefficient (Wildman–Crippen LogP) is 1.14. The third kappa shape index (κ3) is 3.93. The standard InChI is InChI=1S/C14H25NO5/c1-4-5-8-20-11(2)12(16)15-7-6-14(9-15,10-19-3)13(17)18/h11H,4-10H2,1-3H3,(H,17,18). The van der Waals surface area contributed by atoms with Gasteiger partial charge in [0.1, 0.15) is 11.5 Å². The van der Waals surface area contributed by atoms with Crippen LogP contribution >= 0.6 is 0 Å². The maximum absolute atomic E-state index is 12.2. The predicted molar refractivity (Wildman–Crippen MR) is 73.5 cm³/mol. The lowest BCUT2D eigenvalue weighted by atomic mass is 9.88. The Morgan fingerprint density at radius 3 is 2.70 bits per heavy atom. The SMILES string of the molecule is CCCCOC(C)C(=O)N1CCC(COC)(C(=O)O)C1. The molecule has 6 nitrogen and oxygen atoms in total. The van der Waals surface area contributed by atoms with Crippen molar-refractivity contribution in [3.05, 3.63) is 0 Å². The summed E-state index contributed by atoms with van der Waals surface area (Å²) >= 11 is 0. The Labute approximate surface area is 120 Å². The molecule has 0 saturated carbocycles. The van der Waals surface area contributed by atoms with Gasteiger partial charge in [-0.05, 0) is 19.8 Å². The maximum atomic E-state index is 12.2. The number of nitrogens with zero attached hydrogens (tertiary/aromatic N) is 1. The topological polar surface area (TPSA) is 76.1 Å². The largest absolute Gasteiger partial charge is 0.481 e. The van der Waals surface area contributed by atoms with Crippen LogP contribution in [0.25, 0.3) is 0 Å². The molecular weight excluding hydrogens is 262 g/mol. The van der Waals surface area contributed by atoms with Gasteiger partial charge in [0, 0.05) is 26.8 Å². The van der Waals surface area contributed by atoms with Gasteiger partial charge in [0.2, 0.25) is 0 Å². The first-order valence-electron chi connectivity index (χ1n) is 7.09. The smallest absolute Gasteiger partial charge is 0.313 e. The lowest BCUT2D eigenvalue weighted by Gasteiger charge is -2.25. The van der Waals surface area contributed by atoms with E-state index in [4.69, 9.17) is 9.47 Å². The molecule has 2 unspecified atom stereocenters. The molecule has 1 amide bonds. The fourth-order valence-electron chi connectivity index (χ4n) is 2.42. The molecule has 1 aliphatic rings. The van der Waals surface area contributed by atoms with Crippen molar-refractivity contribution in [1.29, 1.82) is 0 Å². The zero-order chi connectivity index (χ0) is 15.2. The summed E-state index contributed by atoms with van der Waals surface area (Å²) in [6.07, 6.45) is 1.83. The molecule has 0 aromatic carbocycles. The highest BCUT2D eigenvalue weighted by Gasteiger charge is 2.47. The normalized spacial score (nSPS) is 23.9. The van der Waals surface area contributed by atoms with Crippen LogP contribution in [0.4, 0.5) is 0 Å². The molecule has 1 rings (SSSR count). The summed E-state index contributed by atoms with van der Waals surface area (Å²) in [7, 11) is 1.48. The number of carbonyl (C=O) groups is 2. The Bertz CT molecular complexity index is 346. The lowest BCUT2D eigenvalue weighted by molar-refractivity contribution is -0.152. The first-order valence-corrected chi connectivity index (χ1v) is 7.09. The molecule has 1 fully saturated rings. The number of likely N-dealkylation sites (tertiary alicyclic amines) is 1. The molecule has 0 aliphatic carbocycles. The van der Waals surface area contributed by atoms with Crippen molar-refractivity contribution in [1.82, 2.24) is 4.90 Å². The molecule has 0 aromatic heterocycles. The van der Waals surface area contributed by atoms with Gasteiger partial charge < -0.3 is 19.5 Å². The number of carbonyl (C=O) groups excluding carboxylic acids is 1. The lowest BCUT2D eigenvalue weighted by Crippen LogP contribution is -2.43. The molecule has 2 atom stereocenters. The average Bonchev–Trinajstić information content (AvgIpc) is 2.84. The number of hydrogen-bond acceptors (Lipinski definition) is 4. The van der Waals surface area contributed by atoms with E-state index in [1.807, 2.05) is 0 Å². The second-order valence-corrected chi connectivity index (χ2v) is 5.39. The van der Waals surface area contributed by atoms with E-state index in [0.29, 0.717) is 19.6 Å². The van der Waals surface area contributed by atoms with E-state index in [0.717, 1.165) is 12.8 Å². The Kier molecular flexibility index (Phi) is 6.42. The molecule has 6 heteroatoms. The van der Waals surface area contributed by atoms with Gasteiger partial charge in [-0.25, -0.2) is 0 Å². The molecule has 20 heavy (non-hydrogen) atoms. The van der Waals surface area contributed by atoms with Gasteiger partial charge in [0.25, 0.3) is 5.91 Å². The molecular formula is C14H25NO5. The summed E-state index contributed by atoms with van der Waals surface area (Å²) in [5, 5.41) is 9.36. The number of hydrogen-bond donors (Lipinski definition) is 1. The van der Waals surface area contributed by atoms with Crippen LogP contribution in [0.2, 0.25) is 0 Å². The summed E-state index contributed by atoms with van der Waals surface area (Å²) in [5.41, 5.74) is -0.979. The molecule has 1 saturated heterocycles. The highest BCUT2D eigenvalue weighted by molar-refractivity contribution is 5.83. The second-order valence-electron chi connectivity index (χ2n) is 5.39. The van der Waals surface area contributed by atoms with Crippen LogP contribution in [0, 0.1) is 5.41 Å². The fraction of sp³-hybridized carbons (Fsp3) is 0.857. The van der Waals surface area contributed by atoms with Crippen LogP contribution in [0.3, 0.4) is 0 Å². The zero-order valence-electron chi connectivity index (χ0n) is 12.6. The van der Waals surface area contributed by atoms with Crippen molar-refractivity contribution in [3.8, 4) is 0 Å². The minimum Gasteiger partial charge on any atom is -0.481 e. The summed E-state index contributed by atoms with van der Waals surface area (Å²) in [6, 6.07) is 0. The third-order valence-corrected chi connectivity index (χ3v) is 3.75. The number of unbranched alkanes of at least 4 members (excludes halogenated alkanes) is 1. The highest BCUT2D eigenvalue weighted by Crippen LogP contribution is 2.31. The second kappa shape index (κ2) is 7.59. The zero-order valence-corrected chi connectivity index (χ0v) is 12.6. The van der Waals surface area contributed by atoms with Crippen LogP contribution in [-0.2, 0) is 19.1 Å². The van der Waals surface area contributed by atoms with Crippen molar-refractivity contribution in [2.75, 3.05) is 33.4 Å². The minimum absolute atomic E-state index is 0.122. The number of carboxylic acid groups (broad SMARTS) is 1. The van der Waals surface area contributed by atoms with Crippen LogP contribution < -0.4 is 0 Å². The van der Waals surface area contributed by atoms with Crippen LogP contribution in [-0.4, -0.2) is 61.4 Å². The summed E-state index contributed by atoms with van der Waals surface area (Å²) in [5.74, 6) is -1.05. The molecule has 1 heterocycles. The number of carboxylic acids is 1. The fourth-order valence-corrected chi connectivity index (χ4v) is 2.42. The number of aliphatic carboxylic acids is 1. The third-order valence-electron chi connectivity index (χ3n) is 3.75. The van der Waals surface area contributed by atoms with Gasteiger partial charge in [0.05, 0.1) is 6.61 Å². The maximum Gasteiger partial charge on any atom is 0.313 e. The minimum atomic E-state index is -0.979. The number of amides is 1. The number of ether oxygens (including phenoxy) is 2. The first kappa shape index (κ1) is 16.9. The van der Waals surface area contributed by atoms with Gasteiger partial charge >= 0.3 is 5.97 Å². The van der Waals surface area contributed by atoms with Gasteiger partial charge in [-0.1, -0.05) is 13.3 Å². The molecule has 1 N–H and O–H groups in total. The molecule has 116 valence electrons. The Morgan fingerprint density at radius 1 is 1.45 bits per heavy atom. The first-order chi connectivity index (χ1) is 9.46. The van der Waals surface area contributed by atoms with E-state index in [-0.39, 0.29) is 19.1 Å². The summed E-state index contributed by atoms with van der Waals surface area (Å²) in [6.45, 7) is 5.08. The van der Waals surface area contributed by atoms with E-state index in [1.165, 1.54) is 7.11 Å². The summed E-state index contributed by atoms with van der Waals surface area (Å²) < 4.78 is 10.5. The highest BCUT2D eigenvalue weighted by atomic mass is 16.5. The van der Waals surface area contributed by atoms with Crippen LogP contribution in [0.5, 0.6) is 0 Å². The Balaban J connectivity index is 2.57. The van der Waals surface area contributed by atoms with E-state index in [1.54, 1.807) is 11.8 Å². The van der Waals surface area contributed by atoms with Crippen molar-refractivity contribution in [2.45, 2.75) is 39.2 Å². The van der Waals surface area contributed by atoms with E-state index in [2.05, 4.69) is 6.92 Å². The van der Waals surface area contributed by atoms with Gasteiger partial charge in [-0.2, -0.15) is 0 Å². The average molecular weight is 287 g/mol. The monoisotopic (exact) mass is 287 g/mol. The van der Waals surface area contributed by atoms with E-state index in [9.17, 15) is 14.7 Å². The molecule has 1 aliphatic heterocycles. The van der Waals surface area contributed by atoms with Crippen molar-refractivity contribution in [2.24, 2.45) is 5.41 Å². The Morgan fingerprint density at radius 2 is 2.15 bits per heavy atom. The van der Waals surface area contributed by atoms with Crippen LogP contribution in [0.15, 0.2) is 0 Å². The van der Waals surface area contributed by atoms with Gasteiger partial charge in [-0.3, -0.25) is 9.59 Å². The van der Waals surface area contributed by atoms with E-state index < -0.39 is 17.5 Å². The molecule has 0 aromatic rings. The van der Waals surface area contributed by atoms with Gasteiger partial charge in [0.15, 0.2) is 0 Å². The molecule has 0 spiro atoms. The Hall–Kier alpha value is -1.14.